The highest BCUT2D eigenvalue weighted by Gasteiger charge is 2.29. The highest BCUT2D eigenvalue weighted by atomic mass is 35.5. The minimum absolute atomic E-state index is 0.0692. The van der Waals surface area contributed by atoms with Gasteiger partial charge in [-0.1, -0.05) is 29.8 Å². The van der Waals surface area contributed by atoms with Gasteiger partial charge in [0.2, 0.25) is 14.9 Å². The molecule has 7 nitrogen and oxygen atoms in total. The third kappa shape index (κ3) is 4.07. The molecule has 0 aliphatic carbocycles. The first-order valence-corrected chi connectivity index (χ1v) is 8.21. The van der Waals surface area contributed by atoms with Crippen LogP contribution in [-0.2, 0) is 14.6 Å². The van der Waals surface area contributed by atoms with E-state index in [0.717, 1.165) is 0 Å². The summed E-state index contributed by atoms with van der Waals surface area (Å²) in [5.41, 5.74) is 4.73. The van der Waals surface area contributed by atoms with Crippen molar-refractivity contribution in [3.05, 3.63) is 59.6 Å². The van der Waals surface area contributed by atoms with Crippen LogP contribution in [0.4, 0.5) is 5.69 Å². The predicted molar refractivity (Wildman–Crippen MR) is 88.5 cm³/mol. The Balaban J connectivity index is 2.39. The zero-order chi connectivity index (χ0) is 16.9. The molecule has 0 aromatic heterocycles. The van der Waals surface area contributed by atoms with E-state index < -0.39 is 20.8 Å². The Morgan fingerprint density at radius 1 is 1.04 bits per heavy atom. The quantitative estimate of drug-likeness (QED) is 0.255. The number of nitrogens with two attached hydrogens (primary N) is 1. The molecule has 1 amide bonds. The van der Waals surface area contributed by atoms with Crippen molar-refractivity contribution in [3.8, 4) is 0 Å². The number of carbonyl (C=O) groups is 1. The van der Waals surface area contributed by atoms with Gasteiger partial charge in [-0.05, 0) is 36.4 Å². The SMILES string of the molecule is NNC(=O)/C(=N\Nc1ccc(Cl)cc1)S(=O)(=O)c1ccccc1. The second-order valence-electron chi connectivity index (χ2n) is 4.33. The minimum Gasteiger partial charge on any atom is -0.288 e. The highest BCUT2D eigenvalue weighted by molar-refractivity contribution is 8.08. The molecule has 120 valence electrons. The Morgan fingerprint density at radius 2 is 1.65 bits per heavy atom. The van der Waals surface area contributed by atoms with Crippen LogP contribution in [0.25, 0.3) is 0 Å². The highest BCUT2D eigenvalue weighted by Crippen LogP contribution is 2.15. The standard InChI is InChI=1S/C14H13ClN4O3S/c15-10-6-8-11(9-7-10)18-19-14(13(20)17-16)23(21,22)12-4-2-1-3-5-12/h1-9,18H,16H2,(H,17,20)/b19-14+. The van der Waals surface area contributed by atoms with Gasteiger partial charge in [0.25, 0.3) is 5.91 Å². The summed E-state index contributed by atoms with van der Waals surface area (Å²) in [6.07, 6.45) is 0. The maximum absolute atomic E-state index is 12.5. The number of amides is 1. The van der Waals surface area contributed by atoms with Crippen LogP contribution in [-0.4, -0.2) is 19.4 Å². The number of hydrazone groups is 1. The zero-order valence-corrected chi connectivity index (χ0v) is 13.3. The molecule has 9 heteroatoms. The molecule has 2 rings (SSSR count). The summed E-state index contributed by atoms with van der Waals surface area (Å²) in [5, 5.41) is 3.45. The van der Waals surface area contributed by atoms with Crippen LogP contribution in [0.2, 0.25) is 5.02 Å². The summed E-state index contributed by atoms with van der Waals surface area (Å²) < 4.78 is 25.0. The fourth-order valence-electron chi connectivity index (χ4n) is 1.65. The number of hydrogen-bond acceptors (Lipinski definition) is 6. The molecule has 0 radical (unpaired) electrons. The topological polar surface area (TPSA) is 114 Å². The number of sulfone groups is 1. The molecule has 0 fully saturated rings. The van der Waals surface area contributed by atoms with Crippen molar-refractivity contribution in [3.63, 3.8) is 0 Å². The van der Waals surface area contributed by atoms with E-state index >= 15 is 0 Å². The molecule has 0 saturated heterocycles. The normalized spacial score (nSPS) is 11.8. The molecule has 0 saturated carbocycles. The van der Waals surface area contributed by atoms with E-state index in [1.54, 1.807) is 35.8 Å². The molecular formula is C14H13ClN4O3S. The summed E-state index contributed by atoms with van der Waals surface area (Å²) in [5.74, 6) is 4.01. The fraction of sp³-hybridized carbons (Fsp3) is 0. The lowest BCUT2D eigenvalue weighted by Gasteiger charge is -2.08. The lowest BCUT2D eigenvalue weighted by Crippen LogP contribution is -2.40. The number of halogens is 1. The smallest absolute Gasteiger partial charge is 0.288 e. The number of benzene rings is 2. The number of hydrogen-bond donors (Lipinski definition) is 3. The van der Waals surface area contributed by atoms with Crippen molar-refractivity contribution in [2.45, 2.75) is 4.90 Å². The first kappa shape index (κ1) is 16.9. The second kappa shape index (κ2) is 7.23. The molecule has 0 unspecified atom stereocenters. The Hall–Kier alpha value is -2.42. The monoisotopic (exact) mass is 352 g/mol. The Bertz CT molecular complexity index is 821. The van der Waals surface area contributed by atoms with Gasteiger partial charge in [0.1, 0.15) is 0 Å². The summed E-state index contributed by atoms with van der Waals surface area (Å²) >= 11 is 5.76. The summed E-state index contributed by atoms with van der Waals surface area (Å²) in [6, 6.07) is 13.8. The van der Waals surface area contributed by atoms with Gasteiger partial charge < -0.3 is 0 Å². The molecule has 0 bridgehead atoms. The molecule has 0 heterocycles. The number of nitrogens with one attached hydrogen (secondary N) is 2. The Labute approximate surface area is 138 Å². The van der Waals surface area contributed by atoms with Crippen molar-refractivity contribution in [1.82, 2.24) is 5.43 Å². The van der Waals surface area contributed by atoms with Crippen molar-refractivity contribution in [1.29, 1.82) is 0 Å². The molecule has 23 heavy (non-hydrogen) atoms. The number of rotatable bonds is 3. The van der Waals surface area contributed by atoms with Crippen LogP contribution >= 0.6 is 11.6 Å². The summed E-state index contributed by atoms with van der Waals surface area (Å²) in [6.45, 7) is 0. The molecule has 0 aliphatic heterocycles. The van der Waals surface area contributed by atoms with Gasteiger partial charge in [-0.25, -0.2) is 14.3 Å². The third-order valence-corrected chi connectivity index (χ3v) is 4.69. The maximum atomic E-state index is 12.5. The molecule has 0 aliphatic rings. The Kier molecular flexibility index (Phi) is 5.32. The van der Waals surface area contributed by atoms with E-state index in [1.807, 2.05) is 0 Å². The molecular weight excluding hydrogens is 340 g/mol. The van der Waals surface area contributed by atoms with Crippen LogP contribution in [0.15, 0.2) is 64.6 Å². The van der Waals surface area contributed by atoms with Gasteiger partial charge in [0.05, 0.1) is 10.6 Å². The number of nitrogens with zero attached hydrogens (tertiary/aromatic N) is 1. The van der Waals surface area contributed by atoms with Gasteiger partial charge in [-0.15, -0.1) is 0 Å². The minimum atomic E-state index is -4.12. The van der Waals surface area contributed by atoms with Gasteiger partial charge in [-0.3, -0.25) is 15.6 Å². The van der Waals surface area contributed by atoms with E-state index in [9.17, 15) is 13.2 Å². The lowest BCUT2D eigenvalue weighted by molar-refractivity contribution is -0.114. The van der Waals surface area contributed by atoms with E-state index in [-0.39, 0.29) is 4.90 Å². The molecule has 2 aromatic rings. The average Bonchev–Trinajstić information content (AvgIpc) is 2.57. The van der Waals surface area contributed by atoms with Crippen molar-refractivity contribution in [2.24, 2.45) is 10.9 Å². The van der Waals surface area contributed by atoms with E-state index in [4.69, 9.17) is 17.4 Å². The largest absolute Gasteiger partial charge is 0.297 e. The molecule has 0 spiro atoms. The van der Waals surface area contributed by atoms with E-state index in [2.05, 4.69) is 10.5 Å². The third-order valence-electron chi connectivity index (χ3n) is 2.76. The van der Waals surface area contributed by atoms with Crippen LogP contribution in [0.5, 0.6) is 0 Å². The summed E-state index contributed by atoms with van der Waals surface area (Å²) in [4.78, 5) is 11.7. The van der Waals surface area contributed by atoms with Crippen LogP contribution in [0.3, 0.4) is 0 Å². The van der Waals surface area contributed by atoms with Gasteiger partial charge in [0, 0.05) is 5.02 Å². The number of hydrazine groups is 1. The van der Waals surface area contributed by atoms with E-state index in [1.165, 1.54) is 24.3 Å². The van der Waals surface area contributed by atoms with E-state index in [0.29, 0.717) is 10.7 Å². The van der Waals surface area contributed by atoms with Crippen LogP contribution in [0.1, 0.15) is 0 Å². The van der Waals surface area contributed by atoms with Crippen molar-refractivity contribution < 1.29 is 13.2 Å². The van der Waals surface area contributed by atoms with Gasteiger partial charge in [0.15, 0.2) is 0 Å². The maximum Gasteiger partial charge on any atom is 0.297 e. The fourth-order valence-corrected chi connectivity index (χ4v) is 2.98. The molecule has 4 N–H and O–H groups in total. The summed E-state index contributed by atoms with van der Waals surface area (Å²) in [7, 11) is -4.12. The van der Waals surface area contributed by atoms with Crippen molar-refractivity contribution in [2.75, 3.05) is 5.43 Å². The number of anilines is 1. The van der Waals surface area contributed by atoms with Gasteiger partial charge >= 0.3 is 0 Å². The Morgan fingerprint density at radius 3 is 2.22 bits per heavy atom. The van der Waals surface area contributed by atoms with Crippen LogP contribution in [0, 0.1) is 0 Å². The molecule has 0 atom stereocenters. The average molecular weight is 353 g/mol. The van der Waals surface area contributed by atoms with Crippen molar-refractivity contribution >= 4 is 38.1 Å². The first-order valence-electron chi connectivity index (χ1n) is 6.35. The first-order chi connectivity index (χ1) is 10.9. The van der Waals surface area contributed by atoms with Gasteiger partial charge in [-0.2, -0.15) is 5.10 Å². The predicted octanol–water partition coefficient (Wildman–Crippen LogP) is 1.53. The van der Waals surface area contributed by atoms with Crippen LogP contribution < -0.4 is 16.7 Å². The molecule has 2 aromatic carbocycles. The number of carbonyl (C=O) groups excluding carboxylic acids is 1. The lowest BCUT2D eigenvalue weighted by atomic mass is 10.3. The zero-order valence-electron chi connectivity index (χ0n) is 11.7. The second-order valence-corrected chi connectivity index (χ2v) is 6.63.